The maximum Gasteiger partial charge on any atom is 0.305 e. The molecule has 0 radical (unpaired) electrons. The van der Waals surface area contributed by atoms with Gasteiger partial charge in [0.25, 0.3) is 0 Å². The second-order valence-corrected chi connectivity index (χ2v) is 7.89. The SMILES string of the molecule is CCCCCCCCCCOC(=O)CCCCC(=O)OCCCCCCCC. The second kappa shape index (κ2) is 22.2. The molecule has 28 heavy (non-hydrogen) atoms. The monoisotopic (exact) mass is 398 g/mol. The van der Waals surface area contributed by atoms with Gasteiger partial charge >= 0.3 is 11.9 Å². The fourth-order valence-corrected chi connectivity index (χ4v) is 3.17. The van der Waals surface area contributed by atoms with Crippen molar-refractivity contribution >= 4 is 11.9 Å². The first-order valence-corrected chi connectivity index (χ1v) is 12.0. The smallest absolute Gasteiger partial charge is 0.305 e. The lowest BCUT2D eigenvalue weighted by Gasteiger charge is -2.06. The average Bonchev–Trinajstić information content (AvgIpc) is 2.69. The number of rotatable bonds is 21. The Bertz CT molecular complexity index is 355. The molecule has 0 unspecified atom stereocenters. The van der Waals surface area contributed by atoms with Crippen LogP contribution in [0.4, 0.5) is 0 Å². The predicted octanol–water partition coefficient (Wildman–Crippen LogP) is 7.13. The molecular formula is C24H46O4. The first kappa shape index (κ1) is 26.9. The lowest BCUT2D eigenvalue weighted by molar-refractivity contribution is -0.146. The number of ether oxygens (including phenoxy) is 2. The van der Waals surface area contributed by atoms with Gasteiger partial charge in [0.2, 0.25) is 0 Å². The molecule has 4 nitrogen and oxygen atoms in total. The van der Waals surface area contributed by atoms with Crippen molar-refractivity contribution in [3.8, 4) is 0 Å². The van der Waals surface area contributed by atoms with Gasteiger partial charge in [-0.3, -0.25) is 9.59 Å². The van der Waals surface area contributed by atoms with Gasteiger partial charge in [-0.05, 0) is 25.7 Å². The van der Waals surface area contributed by atoms with Crippen LogP contribution < -0.4 is 0 Å². The maximum atomic E-state index is 11.7. The molecular weight excluding hydrogens is 352 g/mol. The summed E-state index contributed by atoms with van der Waals surface area (Å²) in [7, 11) is 0. The van der Waals surface area contributed by atoms with Gasteiger partial charge in [0, 0.05) is 12.8 Å². The summed E-state index contributed by atoms with van der Waals surface area (Å²) in [6.45, 7) is 5.51. The Morgan fingerprint density at radius 2 is 0.786 bits per heavy atom. The minimum Gasteiger partial charge on any atom is -0.466 e. The number of hydrogen-bond acceptors (Lipinski definition) is 4. The zero-order valence-corrected chi connectivity index (χ0v) is 18.8. The lowest BCUT2D eigenvalue weighted by Crippen LogP contribution is -2.08. The van der Waals surface area contributed by atoms with Gasteiger partial charge < -0.3 is 9.47 Å². The third kappa shape index (κ3) is 21.2. The molecule has 0 aliphatic carbocycles. The molecule has 0 fully saturated rings. The van der Waals surface area contributed by atoms with Crippen LogP contribution in [0.15, 0.2) is 0 Å². The van der Waals surface area contributed by atoms with E-state index in [4.69, 9.17) is 9.47 Å². The van der Waals surface area contributed by atoms with Crippen molar-refractivity contribution < 1.29 is 19.1 Å². The summed E-state index contributed by atoms with van der Waals surface area (Å²) in [5.41, 5.74) is 0. The van der Waals surface area contributed by atoms with Crippen molar-refractivity contribution in [1.29, 1.82) is 0 Å². The third-order valence-electron chi connectivity index (χ3n) is 5.03. The molecule has 0 aromatic heterocycles. The van der Waals surface area contributed by atoms with Crippen LogP contribution in [0.1, 0.15) is 129 Å². The van der Waals surface area contributed by atoms with Crippen LogP contribution in [0.5, 0.6) is 0 Å². The van der Waals surface area contributed by atoms with Gasteiger partial charge in [-0.1, -0.05) is 90.9 Å². The van der Waals surface area contributed by atoms with Crippen LogP contribution >= 0.6 is 0 Å². The van der Waals surface area contributed by atoms with Crippen LogP contribution in [0.25, 0.3) is 0 Å². The van der Waals surface area contributed by atoms with E-state index in [1.165, 1.54) is 64.2 Å². The standard InChI is InChI=1S/C24H46O4/c1-3-5-7-9-11-12-14-18-22-28-24(26)20-16-15-19-23(25)27-21-17-13-10-8-6-4-2/h3-22H2,1-2H3. The Labute approximate surface area is 174 Å². The summed E-state index contributed by atoms with van der Waals surface area (Å²) in [5, 5.41) is 0. The highest BCUT2D eigenvalue weighted by atomic mass is 16.5. The van der Waals surface area contributed by atoms with E-state index in [2.05, 4.69) is 13.8 Å². The molecule has 0 amide bonds. The molecule has 0 saturated heterocycles. The van der Waals surface area contributed by atoms with Crippen LogP contribution in [0, 0.1) is 0 Å². The third-order valence-corrected chi connectivity index (χ3v) is 5.03. The molecule has 0 aromatic rings. The fourth-order valence-electron chi connectivity index (χ4n) is 3.17. The number of carbonyl (C=O) groups excluding carboxylic acids is 2. The largest absolute Gasteiger partial charge is 0.466 e. The molecule has 0 bridgehead atoms. The van der Waals surface area contributed by atoms with Crippen LogP contribution in [-0.2, 0) is 19.1 Å². The summed E-state index contributed by atoms with van der Waals surface area (Å²) in [4.78, 5) is 23.3. The highest BCUT2D eigenvalue weighted by Gasteiger charge is 2.06. The van der Waals surface area contributed by atoms with Gasteiger partial charge in [0.15, 0.2) is 0 Å². The molecule has 0 aliphatic heterocycles. The fraction of sp³-hybridized carbons (Fsp3) is 0.917. The van der Waals surface area contributed by atoms with Crippen LogP contribution in [0.2, 0.25) is 0 Å². The Kier molecular flexibility index (Phi) is 21.4. The number of hydrogen-bond donors (Lipinski definition) is 0. The average molecular weight is 399 g/mol. The Hall–Kier alpha value is -1.06. The van der Waals surface area contributed by atoms with E-state index >= 15 is 0 Å². The first-order valence-electron chi connectivity index (χ1n) is 12.0. The highest BCUT2D eigenvalue weighted by Crippen LogP contribution is 2.09. The quantitative estimate of drug-likeness (QED) is 0.152. The molecule has 0 rings (SSSR count). The van der Waals surface area contributed by atoms with E-state index in [-0.39, 0.29) is 11.9 Å². The van der Waals surface area contributed by atoms with Gasteiger partial charge in [-0.25, -0.2) is 0 Å². The molecule has 166 valence electrons. The van der Waals surface area contributed by atoms with Gasteiger partial charge in [-0.2, -0.15) is 0 Å². The normalized spacial score (nSPS) is 10.8. The molecule has 4 heteroatoms. The number of unbranched alkanes of at least 4 members (excludes halogenated alkanes) is 13. The Balaban J connectivity index is 3.30. The predicted molar refractivity (Wildman–Crippen MR) is 116 cm³/mol. The van der Waals surface area contributed by atoms with Gasteiger partial charge in [0.05, 0.1) is 13.2 Å². The second-order valence-electron chi connectivity index (χ2n) is 7.89. The summed E-state index contributed by atoms with van der Waals surface area (Å²) < 4.78 is 10.5. The minimum atomic E-state index is -0.138. The van der Waals surface area contributed by atoms with Crippen molar-refractivity contribution in [2.75, 3.05) is 13.2 Å². The van der Waals surface area contributed by atoms with Crippen molar-refractivity contribution in [2.45, 2.75) is 129 Å². The molecule has 0 atom stereocenters. The van der Waals surface area contributed by atoms with E-state index in [0.717, 1.165) is 25.7 Å². The number of carbonyl (C=O) groups is 2. The Morgan fingerprint density at radius 3 is 1.14 bits per heavy atom. The van der Waals surface area contributed by atoms with Gasteiger partial charge in [0.1, 0.15) is 0 Å². The van der Waals surface area contributed by atoms with E-state index in [1.54, 1.807) is 0 Å². The molecule has 0 aliphatic rings. The zero-order valence-electron chi connectivity index (χ0n) is 18.8. The first-order chi connectivity index (χ1) is 13.7. The topological polar surface area (TPSA) is 52.6 Å². The Morgan fingerprint density at radius 1 is 0.464 bits per heavy atom. The zero-order chi connectivity index (χ0) is 20.7. The molecule has 0 heterocycles. The van der Waals surface area contributed by atoms with E-state index in [1.807, 2.05) is 0 Å². The summed E-state index contributed by atoms with van der Waals surface area (Å²) in [6.07, 6.45) is 19.3. The van der Waals surface area contributed by atoms with Crippen molar-refractivity contribution in [2.24, 2.45) is 0 Å². The molecule has 0 saturated carbocycles. The molecule has 0 N–H and O–H groups in total. The summed E-state index contributed by atoms with van der Waals surface area (Å²) >= 11 is 0. The van der Waals surface area contributed by atoms with E-state index in [9.17, 15) is 9.59 Å². The van der Waals surface area contributed by atoms with Gasteiger partial charge in [-0.15, -0.1) is 0 Å². The van der Waals surface area contributed by atoms with Crippen LogP contribution in [-0.4, -0.2) is 25.2 Å². The van der Waals surface area contributed by atoms with Crippen molar-refractivity contribution in [1.82, 2.24) is 0 Å². The van der Waals surface area contributed by atoms with Crippen molar-refractivity contribution in [3.05, 3.63) is 0 Å². The molecule has 0 aromatic carbocycles. The lowest BCUT2D eigenvalue weighted by atomic mass is 10.1. The highest BCUT2D eigenvalue weighted by molar-refractivity contribution is 5.70. The minimum absolute atomic E-state index is 0.136. The maximum absolute atomic E-state index is 11.7. The van der Waals surface area contributed by atoms with E-state index < -0.39 is 0 Å². The summed E-state index contributed by atoms with van der Waals surface area (Å²) in [6, 6.07) is 0. The van der Waals surface area contributed by atoms with Crippen LogP contribution in [0.3, 0.4) is 0 Å². The summed E-state index contributed by atoms with van der Waals surface area (Å²) in [5.74, 6) is -0.274. The van der Waals surface area contributed by atoms with E-state index in [0.29, 0.717) is 38.9 Å². The molecule has 0 spiro atoms. The van der Waals surface area contributed by atoms with Crippen molar-refractivity contribution in [3.63, 3.8) is 0 Å². The number of esters is 2.